The number of nitriles is 1. The molecule has 1 N–H and O–H groups in total. The van der Waals surface area contributed by atoms with Crippen molar-refractivity contribution in [3.05, 3.63) is 59.2 Å². The Bertz CT molecular complexity index is 777. The Kier molecular flexibility index (Phi) is 6.15. The van der Waals surface area contributed by atoms with Crippen molar-refractivity contribution < 1.29 is 14.6 Å². The molecule has 130 valence electrons. The smallest absolute Gasteiger partial charge is 0.253 e. The number of hydrogen-bond acceptors (Lipinski definition) is 4. The molecule has 25 heavy (non-hydrogen) atoms. The number of aliphatic hydroxyl groups is 1. The molecule has 0 heterocycles. The summed E-state index contributed by atoms with van der Waals surface area (Å²) in [5, 5.41) is 18.2. The van der Waals surface area contributed by atoms with E-state index in [4.69, 9.17) is 10.00 Å². The number of nitrogens with zero attached hydrogens (tertiary/aromatic N) is 2. The maximum absolute atomic E-state index is 12.3. The third kappa shape index (κ3) is 5.07. The number of amides is 1. The van der Waals surface area contributed by atoms with E-state index in [-0.39, 0.29) is 5.91 Å². The number of carbonyl (C=O) groups excluding carboxylic acids is 1. The van der Waals surface area contributed by atoms with Crippen LogP contribution in [0.4, 0.5) is 0 Å². The fourth-order valence-electron chi connectivity index (χ4n) is 2.33. The lowest BCUT2D eigenvalue weighted by Gasteiger charge is -2.18. The van der Waals surface area contributed by atoms with Crippen LogP contribution < -0.4 is 4.74 Å². The Morgan fingerprint density at radius 1 is 1.28 bits per heavy atom. The molecule has 0 aliphatic rings. The number of benzene rings is 2. The van der Waals surface area contributed by atoms with Crippen molar-refractivity contribution in [2.24, 2.45) is 0 Å². The maximum atomic E-state index is 12.3. The van der Waals surface area contributed by atoms with Crippen LogP contribution >= 0.6 is 0 Å². The molecule has 1 amide bonds. The van der Waals surface area contributed by atoms with Crippen LogP contribution in [0.15, 0.2) is 42.5 Å². The summed E-state index contributed by atoms with van der Waals surface area (Å²) in [4.78, 5) is 13.9. The van der Waals surface area contributed by atoms with E-state index in [0.29, 0.717) is 35.6 Å². The highest BCUT2D eigenvalue weighted by Gasteiger charge is 2.12. The number of ether oxygens (including phenoxy) is 1. The molecule has 2 rings (SSSR count). The van der Waals surface area contributed by atoms with E-state index in [2.05, 4.69) is 6.07 Å². The van der Waals surface area contributed by atoms with Gasteiger partial charge in [0.25, 0.3) is 5.91 Å². The molecule has 5 heteroatoms. The number of aryl methyl sites for hydroxylation is 1. The normalized spacial score (nSPS) is 11.5. The highest BCUT2D eigenvalue weighted by molar-refractivity contribution is 5.94. The molecule has 2 aromatic carbocycles. The molecule has 0 bridgehead atoms. The Balaban J connectivity index is 2.05. The minimum atomic E-state index is -0.429. The van der Waals surface area contributed by atoms with Crippen molar-refractivity contribution in [2.45, 2.75) is 26.4 Å². The van der Waals surface area contributed by atoms with Gasteiger partial charge in [0, 0.05) is 19.2 Å². The number of rotatable bonds is 6. The maximum Gasteiger partial charge on any atom is 0.253 e. The minimum absolute atomic E-state index is 0.0956. The highest BCUT2D eigenvalue weighted by Crippen LogP contribution is 2.26. The Labute approximate surface area is 148 Å². The summed E-state index contributed by atoms with van der Waals surface area (Å²) >= 11 is 0. The summed E-state index contributed by atoms with van der Waals surface area (Å²) in [6, 6.07) is 14.3. The zero-order valence-electron chi connectivity index (χ0n) is 14.7. The second-order valence-electron chi connectivity index (χ2n) is 6.08. The summed E-state index contributed by atoms with van der Waals surface area (Å²) in [6.45, 7) is 4.08. The molecular weight excluding hydrogens is 316 g/mol. The van der Waals surface area contributed by atoms with Gasteiger partial charge in [0.15, 0.2) is 0 Å². The fraction of sp³-hybridized carbons (Fsp3) is 0.300. The molecule has 2 aromatic rings. The molecule has 1 atom stereocenters. The second kappa shape index (κ2) is 8.32. The first-order valence-corrected chi connectivity index (χ1v) is 8.13. The van der Waals surface area contributed by atoms with E-state index in [1.807, 2.05) is 6.92 Å². The van der Waals surface area contributed by atoms with Crippen LogP contribution in [-0.2, 0) is 0 Å². The molecule has 0 aliphatic carbocycles. The van der Waals surface area contributed by atoms with E-state index in [1.54, 1.807) is 61.3 Å². The molecule has 0 aromatic heterocycles. The quantitative estimate of drug-likeness (QED) is 0.875. The van der Waals surface area contributed by atoms with Gasteiger partial charge >= 0.3 is 0 Å². The number of aliphatic hydroxyl groups excluding tert-OH is 1. The van der Waals surface area contributed by atoms with E-state index in [9.17, 15) is 9.90 Å². The van der Waals surface area contributed by atoms with Gasteiger partial charge in [0.05, 0.1) is 17.7 Å². The second-order valence-corrected chi connectivity index (χ2v) is 6.08. The minimum Gasteiger partial charge on any atom is -0.457 e. The van der Waals surface area contributed by atoms with Crippen molar-refractivity contribution in [1.82, 2.24) is 4.90 Å². The summed E-state index contributed by atoms with van der Waals surface area (Å²) < 4.78 is 5.82. The lowest BCUT2D eigenvalue weighted by atomic mass is 10.1. The van der Waals surface area contributed by atoms with E-state index < -0.39 is 6.10 Å². The molecule has 5 nitrogen and oxygen atoms in total. The standard InChI is InChI=1S/C20H22N2O3/c1-14-12-16(13-21)4-9-19(14)25-18-7-5-17(6-8-18)20(24)22(3)11-10-15(2)23/h4-9,12,15,23H,10-11H2,1-3H3. The fourth-order valence-corrected chi connectivity index (χ4v) is 2.33. The van der Waals surface area contributed by atoms with Gasteiger partial charge in [0.2, 0.25) is 0 Å². The van der Waals surface area contributed by atoms with Crippen LogP contribution in [0.2, 0.25) is 0 Å². The van der Waals surface area contributed by atoms with Crippen LogP contribution in [0.3, 0.4) is 0 Å². The summed E-state index contributed by atoms with van der Waals surface area (Å²) in [5.41, 5.74) is 2.03. The third-order valence-electron chi connectivity index (χ3n) is 3.86. The van der Waals surface area contributed by atoms with Crippen molar-refractivity contribution in [2.75, 3.05) is 13.6 Å². The first-order valence-electron chi connectivity index (χ1n) is 8.13. The van der Waals surface area contributed by atoms with E-state index >= 15 is 0 Å². The largest absolute Gasteiger partial charge is 0.457 e. The van der Waals surface area contributed by atoms with Crippen molar-refractivity contribution in [1.29, 1.82) is 5.26 Å². The molecule has 0 saturated heterocycles. The molecule has 0 radical (unpaired) electrons. The van der Waals surface area contributed by atoms with Gasteiger partial charge in [-0.2, -0.15) is 5.26 Å². The van der Waals surface area contributed by atoms with Gasteiger partial charge in [-0.1, -0.05) is 0 Å². The van der Waals surface area contributed by atoms with Gasteiger partial charge in [-0.3, -0.25) is 4.79 Å². The molecule has 0 spiro atoms. The SMILES string of the molecule is Cc1cc(C#N)ccc1Oc1ccc(C(=O)N(C)CCC(C)O)cc1. The molecule has 0 saturated carbocycles. The number of hydrogen-bond donors (Lipinski definition) is 1. The zero-order valence-corrected chi connectivity index (χ0v) is 14.7. The highest BCUT2D eigenvalue weighted by atomic mass is 16.5. The van der Waals surface area contributed by atoms with E-state index in [1.165, 1.54) is 0 Å². The predicted octanol–water partition coefficient (Wildman–Crippen LogP) is 3.50. The summed E-state index contributed by atoms with van der Waals surface area (Å²) in [5.74, 6) is 1.20. The average Bonchev–Trinajstić information content (AvgIpc) is 2.61. The predicted molar refractivity (Wildman–Crippen MR) is 95.7 cm³/mol. The lowest BCUT2D eigenvalue weighted by molar-refractivity contribution is 0.0769. The lowest BCUT2D eigenvalue weighted by Crippen LogP contribution is -2.29. The monoisotopic (exact) mass is 338 g/mol. The molecule has 0 fully saturated rings. The van der Waals surface area contributed by atoms with Crippen LogP contribution in [0.5, 0.6) is 11.5 Å². The Hall–Kier alpha value is -2.84. The van der Waals surface area contributed by atoms with Gasteiger partial charge in [-0.15, -0.1) is 0 Å². The van der Waals surface area contributed by atoms with Crippen molar-refractivity contribution >= 4 is 5.91 Å². The van der Waals surface area contributed by atoms with Crippen LogP contribution in [-0.4, -0.2) is 35.6 Å². The van der Waals surface area contributed by atoms with Gasteiger partial charge < -0.3 is 14.7 Å². The Morgan fingerprint density at radius 2 is 1.96 bits per heavy atom. The van der Waals surface area contributed by atoms with Gasteiger partial charge in [-0.25, -0.2) is 0 Å². The Morgan fingerprint density at radius 3 is 2.52 bits per heavy atom. The zero-order chi connectivity index (χ0) is 18.4. The summed E-state index contributed by atoms with van der Waals surface area (Å²) in [6.07, 6.45) is 0.114. The summed E-state index contributed by atoms with van der Waals surface area (Å²) in [7, 11) is 1.72. The molecular formula is C20H22N2O3. The van der Waals surface area contributed by atoms with Gasteiger partial charge in [-0.05, 0) is 68.3 Å². The van der Waals surface area contributed by atoms with E-state index in [0.717, 1.165) is 5.56 Å². The van der Waals surface area contributed by atoms with Gasteiger partial charge in [0.1, 0.15) is 11.5 Å². The topological polar surface area (TPSA) is 73.6 Å². The molecule has 0 aliphatic heterocycles. The van der Waals surface area contributed by atoms with Crippen molar-refractivity contribution in [3.63, 3.8) is 0 Å². The molecule has 1 unspecified atom stereocenters. The number of carbonyl (C=O) groups is 1. The van der Waals surface area contributed by atoms with Crippen LogP contribution in [0, 0.1) is 18.3 Å². The first-order chi connectivity index (χ1) is 11.9. The van der Waals surface area contributed by atoms with Crippen LogP contribution in [0.25, 0.3) is 0 Å². The third-order valence-corrected chi connectivity index (χ3v) is 3.86. The average molecular weight is 338 g/mol. The van der Waals surface area contributed by atoms with Crippen molar-refractivity contribution in [3.8, 4) is 17.6 Å². The first kappa shape index (κ1) is 18.5. The van der Waals surface area contributed by atoms with Crippen LogP contribution in [0.1, 0.15) is 34.8 Å².